The first kappa shape index (κ1) is 21.6. The fourth-order valence-electron chi connectivity index (χ4n) is 3.65. The molecule has 8 heteroatoms. The molecule has 0 bridgehead atoms. The first-order chi connectivity index (χ1) is 14.3. The number of hydrogen-bond donors (Lipinski definition) is 0. The second-order valence-corrected chi connectivity index (χ2v) is 11.5. The zero-order valence-electron chi connectivity index (χ0n) is 16.7. The maximum absolute atomic E-state index is 13.0. The molecule has 0 amide bonds. The predicted molar refractivity (Wildman–Crippen MR) is 126 cm³/mol. The van der Waals surface area contributed by atoms with Crippen LogP contribution in [0.4, 0.5) is 5.13 Å². The fraction of sp³-hybridized carbons (Fsp3) is 0.318. The van der Waals surface area contributed by atoms with Crippen molar-refractivity contribution in [2.24, 2.45) is 0 Å². The summed E-state index contributed by atoms with van der Waals surface area (Å²) in [6.07, 6.45) is 1.11. The zero-order valence-corrected chi connectivity index (χ0v) is 19.9. The highest BCUT2D eigenvalue weighted by molar-refractivity contribution is 7.92. The van der Waals surface area contributed by atoms with Crippen LogP contribution in [-0.4, -0.2) is 31.7 Å². The molecule has 0 saturated carbocycles. The summed E-state index contributed by atoms with van der Waals surface area (Å²) < 4.78 is 26.0. The molecular formula is C22H22Cl2N2O2S2. The van der Waals surface area contributed by atoms with E-state index in [-0.39, 0.29) is 9.92 Å². The molecule has 1 aliphatic heterocycles. The van der Waals surface area contributed by atoms with Gasteiger partial charge < -0.3 is 4.90 Å². The lowest BCUT2D eigenvalue weighted by Crippen LogP contribution is -2.39. The minimum atomic E-state index is -3.44. The summed E-state index contributed by atoms with van der Waals surface area (Å²) >= 11 is 13.6. The molecule has 4 nitrogen and oxygen atoms in total. The quantitative estimate of drug-likeness (QED) is 0.447. The lowest BCUT2D eigenvalue weighted by molar-refractivity contribution is 0.529. The summed E-state index contributed by atoms with van der Waals surface area (Å²) in [6, 6.07) is 10.9. The number of nitrogens with zero attached hydrogens (tertiary/aromatic N) is 2. The van der Waals surface area contributed by atoms with Crippen LogP contribution in [-0.2, 0) is 9.84 Å². The van der Waals surface area contributed by atoms with Gasteiger partial charge in [0.1, 0.15) is 0 Å². The number of halogens is 2. The van der Waals surface area contributed by atoms with Gasteiger partial charge in [0.25, 0.3) is 0 Å². The van der Waals surface area contributed by atoms with Crippen molar-refractivity contribution < 1.29 is 8.42 Å². The van der Waals surface area contributed by atoms with Crippen molar-refractivity contribution in [3.05, 3.63) is 63.0 Å². The van der Waals surface area contributed by atoms with Crippen LogP contribution in [0.1, 0.15) is 24.0 Å². The van der Waals surface area contributed by atoms with Gasteiger partial charge in [-0.25, -0.2) is 13.4 Å². The number of hydrogen-bond acceptors (Lipinski definition) is 5. The van der Waals surface area contributed by atoms with Crippen LogP contribution >= 0.6 is 34.5 Å². The summed E-state index contributed by atoms with van der Waals surface area (Å²) in [7, 11) is -3.44. The second-order valence-electron chi connectivity index (χ2n) is 7.62. The van der Waals surface area contributed by atoms with Gasteiger partial charge in [-0.1, -0.05) is 35.3 Å². The van der Waals surface area contributed by atoms with Crippen molar-refractivity contribution in [3.63, 3.8) is 0 Å². The Balaban J connectivity index is 1.46. The fourth-order valence-corrected chi connectivity index (χ4v) is 6.65. The Morgan fingerprint density at radius 3 is 2.40 bits per heavy atom. The molecule has 30 heavy (non-hydrogen) atoms. The Morgan fingerprint density at radius 1 is 1.00 bits per heavy atom. The monoisotopic (exact) mass is 480 g/mol. The van der Waals surface area contributed by atoms with E-state index in [0.29, 0.717) is 31.0 Å². The van der Waals surface area contributed by atoms with Crippen LogP contribution in [0.5, 0.6) is 0 Å². The molecule has 2 aromatic carbocycles. The molecule has 1 saturated heterocycles. The average molecular weight is 481 g/mol. The molecule has 0 N–H and O–H groups in total. The third-order valence-corrected chi connectivity index (χ3v) is 9.57. The van der Waals surface area contributed by atoms with E-state index in [1.165, 1.54) is 29.3 Å². The summed E-state index contributed by atoms with van der Waals surface area (Å²) in [6.45, 7) is 5.52. The van der Waals surface area contributed by atoms with Crippen molar-refractivity contribution in [2.45, 2.75) is 36.8 Å². The summed E-state index contributed by atoms with van der Waals surface area (Å²) in [4.78, 5) is 7.22. The average Bonchev–Trinajstić information content (AvgIpc) is 3.22. The SMILES string of the molecule is Cc1ccc(-c2csc(N3CCC(S(=O)(=O)c4ccc(Cl)c(Cl)c4)CC3)n2)cc1C. The lowest BCUT2D eigenvalue weighted by Gasteiger charge is -2.31. The molecule has 2 heterocycles. The number of rotatable bonds is 4. The summed E-state index contributed by atoms with van der Waals surface area (Å²) in [5, 5.41) is 3.20. The van der Waals surface area contributed by atoms with Gasteiger partial charge >= 0.3 is 0 Å². The molecule has 1 aromatic heterocycles. The Labute approximate surface area is 191 Å². The normalized spacial score (nSPS) is 15.5. The summed E-state index contributed by atoms with van der Waals surface area (Å²) in [5.74, 6) is 0. The Bertz CT molecular complexity index is 1180. The van der Waals surface area contributed by atoms with Gasteiger partial charge in [0, 0.05) is 24.0 Å². The van der Waals surface area contributed by atoms with Crippen molar-refractivity contribution in [1.29, 1.82) is 0 Å². The van der Waals surface area contributed by atoms with Crippen LogP contribution < -0.4 is 4.90 Å². The van der Waals surface area contributed by atoms with E-state index in [0.717, 1.165) is 16.4 Å². The maximum Gasteiger partial charge on any atom is 0.185 e. The molecule has 3 aromatic rings. The van der Waals surface area contributed by atoms with E-state index in [9.17, 15) is 8.42 Å². The largest absolute Gasteiger partial charge is 0.348 e. The highest BCUT2D eigenvalue weighted by Crippen LogP contribution is 2.33. The van der Waals surface area contributed by atoms with E-state index in [4.69, 9.17) is 28.2 Å². The first-order valence-electron chi connectivity index (χ1n) is 9.73. The van der Waals surface area contributed by atoms with Crippen LogP contribution in [0.3, 0.4) is 0 Å². The van der Waals surface area contributed by atoms with Gasteiger partial charge in [0.05, 0.1) is 25.9 Å². The van der Waals surface area contributed by atoms with Crippen molar-refractivity contribution in [1.82, 2.24) is 4.98 Å². The van der Waals surface area contributed by atoms with Crippen LogP contribution in [0.15, 0.2) is 46.7 Å². The Morgan fingerprint density at radius 2 is 1.73 bits per heavy atom. The van der Waals surface area contributed by atoms with Gasteiger partial charge in [-0.05, 0) is 62.1 Å². The smallest absolute Gasteiger partial charge is 0.185 e. The van der Waals surface area contributed by atoms with Crippen molar-refractivity contribution in [3.8, 4) is 11.3 Å². The van der Waals surface area contributed by atoms with E-state index in [2.05, 4.69) is 42.3 Å². The molecular weight excluding hydrogens is 459 g/mol. The first-order valence-corrected chi connectivity index (χ1v) is 12.9. The minimum absolute atomic E-state index is 0.238. The van der Waals surface area contributed by atoms with E-state index < -0.39 is 15.1 Å². The molecule has 1 fully saturated rings. The molecule has 158 valence electrons. The topological polar surface area (TPSA) is 50.3 Å². The number of aryl methyl sites for hydroxylation is 2. The molecule has 0 aliphatic carbocycles. The summed E-state index contributed by atoms with van der Waals surface area (Å²) in [5.41, 5.74) is 4.58. The van der Waals surface area contributed by atoms with Gasteiger partial charge in [-0.3, -0.25) is 0 Å². The van der Waals surface area contributed by atoms with Crippen molar-refractivity contribution in [2.75, 3.05) is 18.0 Å². The molecule has 0 unspecified atom stereocenters. The molecule has 4 rings (SSSR count). The Hall–Kier alpha value is -1.60. The Kier molecular flexibility index (Phi) is 6.13. The van der Waals surface area contributed by atoms with Crippen LogP contribution in [0, 0.1) is 13.8 Å². The minimum Gasteiger partial charge on any atom is -0.348 e. The standard InChI is InChI=1S/C22H22Cl2N2O2S2/c1-14-3-4-16(11-15(14)2)21-13-29-22(25-21)26-9-7-17(8-10-26)30(27,28)18-5-6-19(23)20(24)12-18/h3-6,11-13,17H,7-10H2,1-2H3. The zero-order chi connectivity index (χ0) is 21.5. The van der Waals surface area contributed by atoms with Gasteiger partial charge in [0.15, 0.2) is 15.0 Å². The number of piperidine rings is 1. The van der Waals surface area contributed by atoms with E-state index in [1.54, 1.807) is 11.3 Å². The molecule has 0 radical (unpaired) electrons. The molecule has 0 atom stereocenters. The lowest BCUT2D eigenvalue weighted by atomic mass is 10.1. The second kappa shape index (κ2) is 8.50. The van der Waals surface area contributed by atoms with Gasteiger partial charge in [-0.2, -0.15) is 0 Å². The van der Waals surface area contributed by atoms with E-state index >= 15 is 0 Å². The number of benzene rings is 2. The number of aromatic nitrogens is 1. The molecule has 1 aliphatic rings. The number of anilines is 1. The predicted octanol–water partition coefficient (Wildman–Crippen LogP) is 6.18. The maximum atomic E-state index is 13.0. The van der Waals surface area contributed by atoms with Crippen molar-refractivity contribution >= 4 is 49.5 Å². The van der Waals surface area contributed by atoms with Gasteiger partial charge in [0.2, 0.25) is 0 Å². The van der Waals surface area contributed by atoms with Crippen LogP contribution in [0.2, 0.25) is 10.0 Å². The third-order valence-electron chi connectivity index (χ3n) is 5.67. The van der Waals surface area contributed by atoms with Crippen LogP contribution in [0.25, 0.3) is 11.3 Å². The third kappa shape index (κ3) is 4.24. The van der Waals surface area contributed by atoms with E-state index in [1.807, 2.05) is 0 Å². The highest BCUT2D eigenvalue weighted by atomic mass is 35.5. The number of thiazole rings is 1. The molecule has 0 spiro atoms. The number of sulfone groups is 1. The highest BCUT2D eigenvalue weighted by Gasteiger charge is 2.32. The van der Waals surface area contributed by atoms with Gasteiger partial charge in [-0.15, -0.1) is 11.3 Å².